The highest BCUT2D eigenvalue weighted by molar-refractivity contribution is 5.83. The quantitative estimate of drug-likeness (QED) is 0.802. The molecule has 2 rings (SSSR count). The summed E-state index contributed by atoms with van der Waals surface area (Å²) in [6, 6.07) is 10.1. The molecule has 0 spiro atoms. The van der Waals surface area contributed by atoms with Gasteiger partial charge in [0.1, 0.15) is 0 Å². The van der Waals surface area contributed by atoms with Crippen LogP contribution in [-0.2, 0) is 16.0 Å². The molecule has 1 fully saturated rings. The van der Waals surface area contributed by atoms with E-state index in [1.54, 1.807) is 0 Å². The molecule has 1 heterocycles. The minimum absolute atomic E-state index is 0.0358. The number of rotatable bonds is 6. The van der Waals surface area contributed by atoms with Gasteiger partial charge in [-0.3, -0.25) is 9.59 Å². The van der Waals surface area contributed by atoms with Gasteiger partial charge in [-0.25, -0.2) is 0 Å². The third-order valence-electron chi connectivity index (χ3n) is 3.84. The number of nitrogens with zero attached hydrogens (tertiary/aromatic N) is 1. The average molecular weight is 289 g/mol. The van der Waals surface area contributed by atoms with Crippen molar-refractivity contribution in [2.75, 3.05) is 26.2 Å². The van der Waals surface area contributed by atoms with Gasteiger partial charge in [0.15, 0.2) is 0 Å². The van der Waals surface area contributed by atoms with Crippen molar-refractivity contribution in [2.24, 2.45) is 11.7 Å². The molecule has 0 saturated carbocycles. The van der Waals surface area contributed by atoms with E-state index in [2.05, 4.69) is 17.4 Å². The summed E-state index contributed by atoms with van der Waals surface area (Å²) < 4.78 is 0. The van der Waals surface area contributed by atoms with Gasteiger partial charge in [0.05, 0.1) is 5.92 Å². The van der Waals surface area contributed by atoms with Crippen LogP contribution in [0.2, 0.25) is 0 Å². The minimum Gasteiger partial charge on any atom is -0.355 e. The number of amides is 2. The van der Waals surface area contributed by atoms with E-state index < -0.39 is 0 Å². The van der Waals surface area contributed by atoms with Gasteiger partial charge in [0.25, 0.3) is 0 Å². The van der Waals surface area contributed by atoms with E-state index in [-0.39, 0.29) is 17.7 Å². The van der Waals surface area contributed by atoms with E-state index >= 15 is 0 Å². The topological polar surface area (TPSA) is 75.4 Å². The van der Waals surface area contributed by atoms with Gasteiger partial charge in [0, 0.05) is 32.6 Å². The number of carbonyl (C=O) groups is 2. The molecule has 0 radical (unpaired) electrons. The molecule has 1 unspecified atom stereocenters. The monoisotopic (exact) mass is 289 g/mol. The van der Waals surface area contributed by atoms with Crippen LogP contribution in [0.15, 0.2) is 30.3 Å². The Morgan fingerprint density at radius 1 is 1.29 bits per heavy atom. The van der Waals surface area contributed by atoms with E-state index in [9.17, 15) is 9.59 Å². The van der Waals surface area contributed by atoms with E-state index in [1.165, 1.54) is 5.56 Å². The molecule has 0 aromatic heterocycles. The average Bonchev–Trinajstić information content (AvgIpc) is 2.52. The molecule has 2 amide bonds. The Kier molecular flexibility index (Phi) is 5.75. The van der Waals surface area contributed by atoms with Gasteiger partial charge in [-0.2, -0.15) is 0 Å². The smallest absolute Gasteiger partial charge is 0.227 e. The van der Waals surface area contributed by atoms with Crippen molar-refractivity contribution < 1.29 is 9.59 Å². The van der Waals surface area contributed by atoms with Gasteiger partial charge in [-0.15, -0.1) is 0 Å². The van der Waals surface area contributed by atoms with Crippen LogP contribution in [0.3, 0.4) is 0 Å². The summed E-state index contributed by atoms with van der Waals surface area (Å²) >= 11 is 0. The molecule has 5 heteroatoms. The fourth-order valence-electron chi connectivity index (χ4n) is 2.60. The van der Waals surface area contributed by atoms with Crippen molar-refractivity contribution in [3.8, 4) is 0 Å². The lowest BCUT2D eigenvalue weighted by Crippen LogP contribution is -2.46. The molecule has 5 nitrogen and oxygen atoms in total. The highest BCUT2D eigenvalue weighted by Gasteiger charge is 2.27. The number of hydrogen-bond acceptors (Lipinski definition) is 3. The van der Waals surface area contributed by atoms with E-state index in [4.69, 9.17) is 5.73 Å². The summed E-state index contributed by atoms with van der Waals surface area (Å²) in [5.74, 6) is 0.0371. The molecular formula is C16H23N3O2. The van der Waals surface area contributed by atoms with Gasteiger partial charge < -0.3 is 16.0 Å². The SMILES string of the molecule is NCCN(CCc1ccccc1)C(=O)C1CCC(=O)NC1. The predicted octanol–water partition coefficient (Wildman–Crippen LogP) is 0.543. The normalized spacial score (nSPS) is 18.1. The first kappa shape index (κ1) is 15.5. The highest BCUT2D eigenvalue weighted by Crippen LogP contribution is 2.14. The number of piperidine rings is 1. The minimum atomic E-state index is -0.106. The zero-order valence-electron chi connectivity index (χ0n) is 12.3. The molecule has 1 aromatic rings. The standard InChI is InChI=1S/C16H23N3O2/c17-9-11-19(10-8-13-4-2-1-3-5-13)16(21)14-6-7-15(20)18-12-14/h1-5,14H,6-12,17H2,(H,18,20). The van der Waals surface area contributed by atoms with Crippen LogP contribution in [0.4, 0.5) is 0 Å². The number of hydrogen-bond donors (Lipinski definition) is 2. The lowest BCUT2D eigenvalue weighted by molar-refractivity contribution is -0.137. The van der Waals surface area contributed by atoms with Gasteiger partial charge in [-0.1, -0.05) is 30.3 Å². The van der Waals surface area contributed by atoms with Crippen LogP contribution in [0, 0.1) is 5.92 Å². The lowest BCUT2D eigenvalue weighted by atomic mass is 9.97. The molecular weight excluding hydrogens is 266 g/mol. The second-order valence-corrected chi connectivity index (χ2v) is 5.39. The fourth-order valence-corrected chi connectivity index (χ4v) is 2.60. The Labute approximate surface area is 125 Å². The largest absolute Gasteiger partial charge is 0.355 e. The zero-order chi connectivity index (χ0) is 15.1. The van der Waals surface area contributed by atoms with Crippen LogP contribution in [0.25, 0.3) is 0 Å². The zero-order valence-corrected chi connectivity index (χ0v) is 12.3. The van der Waals surface area contributed by atoms with Gasteiger partial charge in [-0.05, 0) is 18.4 Å². The highest BCUT2D eigenvalue weighted by atomic mass is 16.2. The first-order chi connectivity index (χ1) is 10.2. The number of carbonyl (C=O) groups excluding carboxylic acids is 2. The third-order valence-corrected chi connectivity index (χ3v) is 3.84. The first-order valence-corrected chi connectivity index (χ1v) is 7.50. The first-order valence-electron chi connectivity index (χ1n) is 7.50. The van der Waals surface area contributed by atoms with Crippen molar-refractivity contribution in [2.45, 2.75) is 19.3 Å². The molecule has 0 aliphatic carbocycles. The number of benzene rings is 1. The third kappa shape index (κ3) is 4.56. The molecule has 1 aliphatic rings. The van der Waals surface area contributed by atoms with Crippen molar-refractivity contribution in [1.82, 2.24) is 10.2 Å². The van der Waals surface area contributed by atoms with Crippen LogP contribution in [0.5, 0.6) is 0 Å². The Morgan fingerprint density at radius 2 is 2.05 bits per heavy atom. The molecule has 0 bridgehead atoms. The molecule has 1 aromatic carbocycles. The Bertz CT molecular complexity index is 466. The van der Waals surface area contributed by atoms with E-state index in [0.29, 0.717) is 39.0 Å². The summed E-state index contributed by atoms with van der Waals surface area (Å²) in [7, 11) is 0. The molecule has 1 saturated heterocycles. The Hall–Kier alpha value is -1.88. The molecule has 3 N–H and O–H groups in total. The summed E-state index contributed by atoms with van der Waals surface area (Å²) in [6.45, 7) is 2.14. The maximum atomic E-state index is 12.5. The molecule has 1 atom stereocenters. The predicted molar refractivity (Wildman–Crippen MR) is 81.5 cm³/mol. The molecule has 114 valence electrons. The summed E-state index contributed by atoms with van der Waals surface area (Å²) in [5.41, 5.74) is 6.84. The molecule has 21 heavy (non-hydrogen) atoms. The second kappa shape index (κ2) is 7.78. The van der Waals surface area contributed by atoms with Crippen molar-refractivity contribution >= 4 is 11.8 Å². The fraction of sp³-hybridized carbons (Fsp3) is 0.500. The number of nitrogens with one attached hydrogen (secondary N) is 1. The van der Waals surface area contributed by atoms with Crippen molar-refractivity contribution in [3.63, 3.8) is 0 Å². The van der Waals surface area contributed by atoms with Crippen LogP contribution in [-0.4, -0.2) is 42.9 Å². The van der Waals surface area contributed by atoms with E-state index in [1.807, 2.05) is 23.1 Å². The number of nitrogens with two attached hydrogens (primary N) is 1. The Morgan fingerprint density at radius 3 is 2.67 bits per heavy atom. The summed E-state index contributed by atoms with van der Waals surface area (Å²) in [5, 5.41) is 2.77. The van der Waals surface area contributed by atoms with Crippen LogP contribution < -0.4 is 11.1 Å². The maximum Gasteiger partial charge on any atom is 0.227 e. The van der Waals surface area contributed by atoms with Crippen LogP contribution in [0.1, 0.15) is 18.4 Å². The van der Waals surface area contributed by atoms with Crippen LogP contribution >= 0.6 is 0 Å². The molecule has 1 aliphatic heterocycles. The van der Waals surface area contributed by atoms with E-state index in [0.717, 1.165) is 6.42 Å². The van der Waals surface area contributed by atoms with Gasteiger partial charge in [0.2, 0.25) is 11.8 Å². The second-order valence-electron chi connectivity index (χ2n) is 5.39. The summed E-state index contributed by atoms with van der Waals surface area (Å²) in [6.07, 6.45) is 1.90. The maximum absolute atomic E-state index is 12.5. The van der Waals surface area contributed by atoms with Crippen molar-refractivity contribution in [1.29, 1.82) is 0 Å². The van der Waals surface area contributed by atoms with Gasteiger partial charge >= 0.3 is 0 Å². The summed E-state index contributed by atoms with van der Waals surface area (Å²) in [4.78, 5) is 25.5. The lowest BCUT2D eigenvalue weighted by Gasteiger charge is -2.29. The Balaban J connectivity index is 1.91. The van der Waals surface area contributed by atoms with Crippen molar-refractivity contribution in [3.05, 3.63) is 35.9 Å².